The predicted molar refractivity (Wildman–Crippen MR) is 87.3 cm³/mol. The Bertz CT molecular complexity index is 823. The van der Waals surface area contributed by atoms with Gasteiger partial charge in [0.25, 0.3) is 11.8 Å². The molecule has 4 heteroatoms. The molecule has 0 saturated carbocycles. The quantitative estimate of drug-likeness (QED) is 0.685. The summed E-state index contributed by atoms with van der Waals surface area (Å²) in [4.78, 5) is 26.2. The number of nitrogens with zero attached hydrogens (tertiary/aromatic N) is 1. The van der Waals surface area contributed by atoms with E-state index in [-0.39, 0.29) is 18.4 Å². The Morgan fingerprint density at radius 3 is 2.30 bits per heavy atom. The molecule has 1 aliphatic rings. The zero-order valence-corrected chi connectivity index (χ0v) is 12.7. The van der Waals surface area contributed by atoms with Crippen molar-refractivity contribution in [2.45, 2.75) is 13.3 Å². The van der Waals surface area contributed by atoms with Gasteiger partial charge < -0.3 is 5.11 Å². The fraction of sp³-hybridized carbons (Fsp3) is 0.158. The molecule has 0 spiro atoms. The van der Waals surface area contributed by atoms with E-state index in [0.29, 0.717) is 23.2 Å². The van der Waals surface area contributed by atoms with Gasteiger partial charge in [0.2, 0.25) is 0 Å². The average molecular weight is 305 g/mol. The van der Waals surface area contributed by atoms with Crippen LogP contribution >= 0.6 is 0 Å². The standard InChI is InChI=1S/C19H15NO3/c1-13-9-10-15(12-14(13)6-4-5-11-21)20-18(22)16-7-2-3-8-17(16)19(20)23/h2-3,7-10,12,21H,5,11H2,1H3. The summed E-state index contributed by atoms with van der Waals surface area (Å²) < 4.78 is 0. The lowest BCUT2D eigenvalue weighted by atomic mass is 10.1. The van der Waals surface area contributed by atoms with E-state index in [0.717, 1.165) is 11.1 Å². The van der Waals surface area contributed by atoms with Crippen LogP contribution in [0.3, 0.4) is 0 Å². The van der Waals surface area contributed by atoms with Gasteiger partial charge in [0.05, 0.1) is 23.4 Å². The van der Waals surface area contributed by atoms with Crippen LogP contribution in [0.15, 0.2) is 42.5 Å². The fourth-order valence-corrected chi connectivity index (χ4v) is 2.52. The molecule has 0 bridgehead atoms. The number of anilines is 1. The molecule has 1 heterocycles. The van der Waals surface area contributed by atoms with Crippen LogP contribution < -0.4 is 4.90 Å². The third-order valence-electron chi connectivity index (χ3n) is 3.73. The Hall–Kier alpha value is -2.90. The monoisotopic (exact) mass is 305 g/mol. The van der Waals surface area contributed by atoms with Crippen LogP contribution in [0, 0.1) is 18.8 Å². The summed E-state index contributed by atoms with van der Waals surface area (Å²) in [5, 5.41) is 8.81. The normalized spacial score (nSPS) is 12.9. The first-order chi connectivity index (χ1) is 11.1. The van der Waals surface area contributed by atoms with Gasteiger partial charge in [0.15, 0.2) is 0 Å². The summed E-state index contributed by atoms with van der Waals surface area (Å²) >= 11 is 0. The molecular formula is C19H15NO3. The second-order valence-electron chi connectivity index (χ2n) is 5.27. The van der Waals surface area contributed by atoms with E-state index >= 15 is 0 Å². The molecule has 1 N–H and O–H groups in total. The lowest BCUT2D eigenvalue weighted by Gasteiger charge is -2.15. The van der Waals surface area contributed by atoms with Gasteiger partial charge in [0.1, 0.15) is 0 Å². The van der Waals surface area contributed by atoms with Crippen molar-refractivity contribution in [2.75, 3.05) is 11.5 Å². The fourth-order valence-electron chi connectivity index (χ4n) is 2.52. The first-order valence-corrected chi connectivity index (χ1v) is 7.31. The topological polar surface area (TPSA) is 57.6 Å². The first kappa shape index (κ1) is 15.0. The van der Waals surface area contributed by atoms with Crippen LogP contribution in [0.4, 0.5) is 5.69 Å². The van der Waals surface area contributed by atoms with Gasteiger partial charge in [-0.3, -0.25) is 9.59 Å². The molecule has 114 valence electrons. The van der Waals surface area contributed by atoms with Crippen molar-refractivity contribution in [3.63, 3.8) is 0 Å². The van der Waals surface area contributed by atoms with E-state index in [1.807, 2.05) is 13.0 Å². The summed E-state index contributed by atoms with van der Waals surface area (Å²) in [7, 11) is 0. The van der Waals surface area contributed by atoms with Crippen molar-refractivity contribution in [2.24, 2.45) is 0 Å². The van der Waals surface area contributed by atoms with Crippen LogP contribution in [-0.4, -0.2) is 23.5 Å². The number of benzene rings is 2. The smallest absolute Gasteiger partial charge is 0.266 e. The van der Waals surface area contributed by atoms with Crippen molar-refractivity contribution >= 4 is 17.5 Å². The number of hydrogen-bond acceptors (Lipinski definition) is 3. The Morgan fingerprint density at radius 2 is 1.70 bits per heavy atom. The van der Waals surface area contributed by atoms with Gasteiger partial charge in [-0.15, -0.1) is 0 Å². The Morgan fingerprint density at radius 1 is 1.04 bits per heavy atom. The third kappa shape index (κ3) is 2.63. The van der Waals surface area contributed by atoms with Crippen molar-refractivity contribution in [3.8, 4) is 11.8 Å². The maximum Gasteiger partial charge on any atom is 0.266 e. The molecule has 2 aromatic rings. The summed E-state index contributed by atoms with van der Waals surface area (Å²) in [5.41, 5.74) is 3.05. The number of hydrogen-bond donors (Lipinski definition) is 1. The van der Waals surface area contributed by atoms with Crippen LogP contribution in [0.1, 0.15) is 38.3 Å². The SMILES string of the molecule is Cc1ccc(N2C(=O)c3ccccc3C2=O)cc1C#CCCO. The highest BCUT2D eigenvalue weighted by Crippen LogP contribution is 2.29. The summed E-state index contributed by atoms with van der Waals surface area (Å²) in [6.45, 7) is 1.92. The highest BCUT2D eigenvalue weighted by atomic mass is 16.2. The number of carbonyl (C=O) groups excluding carboxylic acids is 2. The molecule has 0 unspecified atom stereocenters. The zero-order valence-electron chi connectivity index (χ0n) is 12.7. The predicted octanol–water partition coefficient (Wildman–Crippen LogP) is 2.53. The molecule has 1 aliphatic heterocycles. The molecule has 0 radical (unpaired) electrons. The van der Waals surface area contributed by atoms with Gasteiger partial charge in [-0.1, -0.05) is 30.0 Å². The molecule has 0 atom stereocenters. The highest BCUT2D eigenvalue weighted by Gasteiger charge is 2.36. The van der Waals surface area contributed by atoms with E-state index < -0.39 is 0 Å². The minimum absolute atomic E-state index is 0.00411. The molecule has 0 saturated heterocycles. The average Bonchev–Trinajstić information content (AvgIpc) is 2.82. The lowest BCUT2D eigenvalue weighted by molar-refractivity contribution is 0.0926. The van der Waals surface area contributed by atoms with E-state index in [1.165, 1.54) is 4.90 Å². The Labute approximate surface area is 134 Å². The Balaban J connectivity index is 2.01. The van der Waals surface area contributed by atoms with Gasteiger partial charge >= 0.3 is 0 Å². The largest absolute Gasteiger partial charge is 0.395 e. The lowest BCUT2D eigenvalue weighted by Crippen LogP contribution is -2.29. The number of aliphatic hydroxyl groups is 1. The number of carbonyl (C=O) groups is 2. The van der Waals surface area contributed by atoms with Crippen molar-refractivity contribution < 1.29 is 14.7 Å². The minimum Gasteiger partial charge on any atom is -0.395 e. The summed E-state index contributed by atoms with van der Waals surface area (Å²) in [6, 6.07) is 12.1. The number of imide groups is 1. The highest BCUT2D eigenvalue weighted by molar-refractivity contribution is 6.34. The minimum atomic E-state index is -0.316. The number of fused-ring (bicyclic) bond motifs is 1. The number of amides is 2. The second-order valence-corrected chi connectivity index (χ2v) is 5.27. The van der Waals surface area contributed by atoms with Gasteiger partial charge in [-0.05, 0) is 36.8 Å². The van der Waals surface area contributed by atoms with Crippen molar-refractivity contribution in [3.05, 3.63) is 64.7 Å². The molecule has 23 heavy (non-hydrogen) atoms. The summed E-state index contributed by atoms with van der Waals surface area (Å²) in [6.07, 6.45) is 0.386. The van der Waals surface area contributed by atoms with Crippen LogP contribution in [0.5, 0.6) is 0 Å². The van der Waals surface area contributed by atoms with Crippen molar-refractivity contribution in [1.29, 1.82) is 0 Å². The molecule has 0 fully saturated rings. The first-order valence-electron chi connectivity index (χ1n) is 7.31. The molecule has 4 nitrogen and oxygen atoms in total. The van der Waals surface area contributed by atoms with Crippen LogP contribution in [-0.2, 0) is 0 Å². The maximum atomic E-state index is 12.5. The second kappa shape index (κ2) is 6.07. The van der Waals surface area contributed by atoms with E-state index in [2.05, 4.69) is 11.8 Å². The van der Waals surface area contributed by atoms with Gasteiger partial charge in [0, 0.05) is 12.0 Å². The summed E-state index contributed by atoms with van der Waals surface area (Å²) in [5.74, 6) is 5.20. The van der Waals surface area contributed by atoms with E-state index in [9.17, 15) is 9.59 Å². The van der Waals surface area contributed by atoms with Crippen LogP contribution in [0.2, 0.25) is 0 Å². The van der Waals surface area contributed by atoms with Gasteiger partial charge in [-0.25, -0.2) is 4.90 Å². The van der Waals surface area contributed by atoms with E-state index in [4.69, 9.17) is 5.11 Å². The number of aryl methyl sites for hydroxylation is 1. The number of aliphatic hydroxyl groups excluding tert-OH is 1. The molecule has 2 aromatic carbocycles. The van der Waals surface area contributed by atoms with Crippen molar-refractivity contribution in [1.82, 2.24) is 0 Å². The third-order valence-corrected chi connectivity index (χ3v) is 3.73. The molecular weight excluding hydrogens is 290 g/mol. The molecule has 3 rings (SSSR count). The van der Waals surface area contributed by atoms with Gasteiger partial charge in [-0.2, -0.15) is 0 Å². The molecule has 0 aliphatic carbocycles. The van der Waals surface area contributed by atoms with Crippen LogP contribution in [0.25, 0.3) is 0 Å². The Kier molecular flexibility index (Phi) is 3.96. The van der Waals surface area contributed by atoms with E-state index in [1.54, 1.807) is 36.4 Å². The molecule has 0 aromatic heterocycles. The maximum absolute atomic E-state index is 12.5. The zero-order chi connectivity index (χ0) is 16.4. The number of rotatable bonds is 2. The molecule has 2 amide bonds.